The fourth-order valence-corrected chi connectivity index (χ4v) is 1.94. The Kier molecular flexibility index (Phi) is 5.21. The molecule has 2 aromatic carbocycles. The lowest BCUT2D eigenvalue weighted by Gasteiger charge is -2.08. The molecule has 0 aromatic heterocycles. The molecule has 0 saturated carbocycles. The van der Waals surface area contributed by atoms with Crippen LogP contribution in [0.3, 0.4) is 0 Å². The smallest absolute Gasteiger partial charge is 0.223 e. The molecule has 0 radical (unpaired) electrons. The minimum atomic E-state index is -0.0213. The maximum atomic E-state index is 11.7. The molecule has 0 aliphatic carbocycles. The molecule has 0 saturated heterocycles. The van der Waals surface area contributed by atoms with E-state index in [0.717, 1.165) is 11.3 Å². The van der Waals surface area contributed by atoms with Crippen LogP contribution in [0.5, 0.6) is 5.75 Å². The number of nitrogen functional groups attached to an aromatic ring is 1. The van der Waals surface area contributed by atoms with Crippen molar-refractivity contribution in [2.45, 2.75) is 19.9 Å². The van der Waals surface area contributed by atoms with Crippen molar-refractivity contribution in [3.63, 3.8) is 0 Å². The van der Waals surface area contributed by atoms with Gasteiger partial charge in [-0.2, -0.15) is 0 Å². The first-order chi connectivity index (χ1) is 10.1. The SMILES string of the molecule is Cc1cccc(CNC(=O)CCOc2ccc(N)cc2)c1. The second kappa shape index (κ2) is 7.33. The van der Waals surface area contributed by atoms with Crippen LogP contribution in [0.25, 0.3) is 0 Å². The molecule has 21 heavy (non-hydrogen) atoms. The molecule has 2 aromatic rings. The summed E-state index contributed by atoms with van der Waals surface area (Å²) in [4.78, 5) is 11.7. The van der Waals surface area contributed by atoms with Gasteiger partial charge in [-0.15, -0.1) is 0 Å². The van der Waals surface area contributed by atoms with Gasteiger partial charge < -0.3 is 15.8 Å². The van der Waals surface area contributed by atoms with Crippen LogP contribution in [0.15, 0.2) is 48.5 Å². The number of hydrogen-bond acceptors (Lipinski definition) is 3. The monoisotopic (exact) mass is 284 g/mol. The Morgan fingerprint density at radius 3 is 2.67 bits per heavy atom. The molecule has 4 heteroatoms. The lowest BCUT2D eigenvalue weighted by Crippen LogP contribution is -2.24. The topological polar surface area (TPSA) is 64.3 Å². The summed E-state index contributed by atoms with van der Waals surface area (Å²) < 4.78 is 5.49. The largest absolute Gasteiger partial charge is 0.493 e. The summed E-state index contributed by atoms with van der Waals surface area (Å²) in [7, 11) is 0. The van der Waals surface area contributed by atoms with E-state index in [1.165, 1.54) is 5.56 Å². The van der Waals surface area contributed by atoms with Crippen LogP contribution in [-0.4, -0.2) is 12.5 Å². The number of hydrogen-bond donors (Lipinski definition) is 2. The summed E-state index contributed by atoms with van der Waals surface area (Å²) in [5, 5.41) is 2.88. The average molecular weight is 284 g/mol. The van der Waals surface area contributed by atoms with Gasteiger partial charge in [-0.3, -0.25) is 4.79 Å². The molecule has 110 valence electrons. The van der Waals surface area contributed by atoms with Crippen LogP contribution in [0, 0.1) is 6.92 Å². The number of ether oxygens (including phenoxy) is 1. The highest BCUT2D eigenvalue weighted by molar-refractivity contribution is 5.76. The number of carbonyl (C=O) groups excluding carboxylic acids is 1. The van der Waals surface area contributed by atoms with Crippen molar-refractivity contribution in [3.8, 4) is 5.75 Å². The van der Waals surface area contributed by atoms with Crippen LogP contribution in [0.4, 0.5) is 5.69 Å². The fourth-order valence-electron chi connectivity index (χ4n) is 1.94. The lowest BCUT2D eigenvalue weighted by molar-refractivity contribution is -0.121. The van der Waals surface area contributed by atoms with Crippen LogP contribution in [-0.2, 0) is 11.3 Å². The number of amides is 1. The molecule has 0 heterocycles. The Morgan fingerprint density at radius 1 is 1.19 bits per heavy atom. The van der Waals surface area contributed by atoms with Gasteiger partial charge in [0.1, 0.15) is 5.75 Å². The zero-order valence-electron chi connectivity index (χ0n) is 12.1. The van der Waals surface area contributed by atoms with Gasteiger partial charge in [-0.25, -0.2) is 0 Å². The van der Waals surface area contributed by atoms with Gasteiger partial charge in [0.15, 0.2) is 0 Å². The van der Waals surface area contributed by atoms with Crippen LogP contribution in [0.1, 0.15) is 17.5 Å². The summed E-state index contributed by atoms with van der Waals surface area (Å²) in [6, 6.07) is 15.2. The highest BCUT2D eigenvalue weighted by Crippen LogP contribution is 2.13. The first-order valence-corrected chi connectivity index (χ1v) is 6.94. The molecule has 2 rings (SSSR count). The number of anilines is 1. The third-order valence-corrected chi connectivity index (χ3v) is 3.05. The second-order valence-electron chi connectivity index (χ2n) is 4.93. The van der Waals surface area contributed by atoms with Crippen molar-refractivity contribution in [2.75, 3.05) is 12.3 Å². The molecule has 0 aliphatic heterocycles. The van der Waals surface area contributed by atoms with E-state index in [-0.39, 0.29) is 5.91 Å². The van der Waals surface area contributed by atoms with Gasteiger partial charge in [0.25, 0.3) is 0 Å². The Hall–Kier alpha value is -2.49. The molecule has 1 amide bonds. The first-order valence-electron chi connectivity index (χ1n) is 6.94. The maximum Gasteiger partial charge on any atom is 0.223 e. The number of aryl methyl sites for hydroxylation is 1. The highest BCUT2D eigenvalue weighted by atomic mass is 16.5. The van der Waals surface area contributed by atoms with E-state index in [1.54, 1.807) is 24.3 Å². The Labute approximate surface area is 124 Å². The predicted molar refractivity (Wildman–Crippen MR) is 84.0 cm³/mol. The normalized spacial score (nSPS) is 10.1. The van der Waals surface area contributed by atoms with Crippen molar-refractivity contribution in [1.82, 2.24) is 5.32 Å². The van der Waals surface area contributed by atoms with Crippen LogP contribution in [0.2, 0.25) is 0 Å². The van der Waals surface area contributed by atoms with Gasteiger partial charge >= 0.3 is 0 Å². The first kappa shape index (κ1) is 14.9. The summed E-state index contributed by atoms with van der Waals surface area (Å²) in [6.45, 7) is 2.93. The number of benzene rings is 2. The minimum Gasteiger partial charge on any atom is -0.493 e. The van der Waals surface area contributed by atoms with Crippen molar-refractivity contribution in [2.24, 2.45) is 0 Å². The summed E-state index contributed by atoms with van der Waals surface area (Å²) in [5.74, 6) is 0.697. The molecule has 0 aliphatic rings. The third-order valence-electron chi connectivity index (χ3n) is 3.05. The average Bonchev–Trinajstić information content (AvgIpc) is 2.47. The van der Waals surface area contributed by atoms with E-state index in [0.29, 0.717) is 25.3 Å². The molecule has 0 fully saturated rings. The number of carbonyl (C=O) groups is 1. The van der Waals surface area contributed by atoms with Gasteiger partial charge in [0, 0.05) is 12.2 Å². The molecule has 4 nitrogen and oxygen atoms in total. The Bertz CT molecular complexity index is 594. The van der Waals surface area contributed by atoms with E-state index in [2.05, 4.69) is 11.4 Å². The van der Waals surface area contributed by atoms with E-state index < -0.39 is 0 Å². The minimum absolute atomic E-state index is 0.0213. The Balaban J connectivity index is 1.69. The maximum absolute atomic E-state index is 11.7. The number of rotatable bonds is 6. The highest BCUT2D eigenvalue weighted by Gasteiger charge is 2.02. The van der Waals surface area contributed by atoms with Crippen LogP contribution >= 0.6 is 0 Å². The second-order valence-corrected chi connectivity index (χ2v) is 4.93. The molecule has 0 atom stereocenters. The lowest BCUT2D eigenvalue weighted by atomic mass is 10.1. The van der Waals surface area contributed by atoms with Crippen LogP contribution < -0.4 is 15.8 Å². The summed E-state index contributed by atoms with van der Waals surface area (Å²) in [5.41, 5.74) is 8.57. The van der Waals surface area contributed by atoms with Crippen molar-refractivity contribution >= 4 is 11.6 Å². The van der Waals surface area contributed by atoms with Gasteiger partial charge in [-0.05, 0) is 36.8 Å². The molecule has 0 bridgehead atoms. The summed E-state index contributed by atoms with van der Waals surface area (Å²) in [6.07, 6.45) is 0.330. The van der Waals surface area contributed by atoms with E-state index >= 15 is 0 Å². The summed E-state index contributed by atoms with van der Waals surface area (Å²) >= 11 is 0. The molecule has 0 unspecified atom stereocenters. The van der Waals surface area contributed by atoms with Gasteiger partial charge in [0.2, 0.25) is 5.91 Å². The molecular weight excluding hydrogens is 264 g/mol. The predicted octanol–water partition coefficient (Wildman–Crippen LogP) is 2.66. The standard InChI is InChI=1S/C17H20N2O2/c1-13-3-2-4-14(11-13)12-19-17(20)9-10-21-16-7-5-15(18)6-8-16/h2-8,11H,9-10,12,18H2,1H3,(H,19,20). The third kappa shape index (κ3) is 5.18. The van der Waals surface area contributed by atoms with E-state index in [9.17, 15) is 4.79 Å². The number of nitrogens with two attached hydrogens (primary N) is 1. The Morgan fingerprint density at radius 2 is 1.95 bits per heavy atom. The molecular formula is C17H20N2O2. The molecule has 3 N–H and O–H groups in total. The van der Waals surface area contributed by atoms with E-state index in [4.69, 9.17) is 10.5 Å². The van der Waals surface area contributed by atoms with Gasteiger partial charge in [0.05, 0.1) is 13.0 Å². The van der Waals surface area contributed by atoms with Crippen molar-refractivity contribution in [3.05, 3.63) is 59.7 Å². The quantitative estimate of drug-likeness (QED) is 0.802. The molecule has 0 spiro atoms. The van der Waals surface area contributed by atoms with Gasteiger partial charge in [-0.1, -0.05) is 29.8 Å². The fraction of sp³-hybridized carbons (Fsp3) is 0.235. The zero-order chi connectivity index (χ0) is 15.1. The zero-order valence-corrected chi connectivity index (χ0v) is 12.1. The van der Waals surface area contributed by atoms with Crippen molar-refractivity contribution < 1.29 is 9.53 Å². The van der Waals surface area contributed by atoms with E-state index in [1.807, 2.05) is 25.1 Å². The van der Waals surface area contributed by atoms with Crippen molar-refractivity contribution in [1.29, 1.82) is 0 Å². The number of nitrogens with one attached hydrogen (secondary N) is 1.